The number of carbonyl (C=O) groups is 2. The van der Waals surface area contributed by atoms with Gasteiger partial charge in [0.05, 0.1) is 0 Å². The quantitative estimate of drug-likeness (QED) is 0.657. The molecule has 2 amide bonds. The van der Waals surface area contributed by atoms with E-state index in [-0.39, 0.29) is 11.9 Å². The fraction of sp³-hybridized carbons (Fsp3) is 0.750. The van der Waals surface area contributed by atoms with E-state index in [0.717, 1.165) is 0 Å². The summed E-state index contributed by atoms with van der Waals surface area (Å²) in [6.45, 7) is 4.61. The summed E-state index contributed by atoms with van der Waals surface area (Å²) in [7, 11) is 0. The fourth-order valence-corrected chi connectivity index (χ4v) is 1.53. The summed E-state index contributed by atoms with van der Waals surface area (Å²) in [5.74, 6) is -1.01. The molecule has 1 heterocycles. The molecule has 0 aromatic rings. The topological polar surface area (TPSA) is 69.6 Å². The zero-order valence-corrected chi connectivity index (χ0v) is 7.78. The molecule has 5 heteroatoms. The summed E-state index contributed by atoms with van der Waals surface area (Å²) < 4.78 is 0. The lowest BCUT2D eigenvalue weighted by Crippen LogP contribution is -2.46. The third kappa shape index (κ3) is 1.91. The highest BCUT2D eigenvalue weighted by atomic mass is 16.4. The maximum atomic E-state index is 11.2. The molecule has 2 N–H and O–H groups in total. The number of hydrogen-bond acceptors (Lipinski definition) is 2. The van der Waals surface area contributed by atoms with Crippen LogP contribution in [0.4, 0.5) is 4.79 Å². The molecule has 0 saturated carbocycles. The van der Waals surface area contributed by atoms with Gasteiger partial charge in [-0.2, -0.15) is 0 Å². The molecule has 1 rings (SSSR count). The Morgan fingerprint density at radius 1 is 1.62 bits per heavy atom. The molecule has 1 aliphatic rings. The number of rotatable bonds is 3. The Labute approximate surface area is 76.7 Å². The van der Waals surface area contributed by atoms with Crippen LogP contribution in [-0.4, -0.2) is 41.1 Å². The van der Waals surface area contributed by atoms with Gasteiger partial charge in [-0.3, -0.25) is 0 Å². The van der Waals surface area contributed by atoms with Crippen molar-refractivity contribution in [2.75, 3.05) is 13.1 Å². The smallest absolute Gasteiger partial charge is 0.326 e. The predicted molar refractivity (Wildman–Crippen MR) is 46.4 cm³/mol. The summed E-state index contributed by atoms with van der Waals surface area (Å²) in [6, 6.07) is -0.983. The van der Waals surface area contributed by atoms with Crippen LogP contribution in [0.2, 0.25) is 0 Å². The normalized spacial score (nSPS) is 19.0. The molecule has 1 saturated heterocycles. The molecular formula is C8H14N2O3. The van der Waals surface area contributed by atoms with Crippen molar-refractivity contribution in [3.05, 3.63) is 0 Å². The van der Waals surface area contributed by atoms with Gasteiger partial charge in [0.15, 0.2) is 0 Å². The second kappa shape index (κ2) is 3.64. The van der Waals surface area contributed by atoms with Gasteiger partial charge in [-0.05, 0) is 5.92 Å². The highest BCUT2D eigenvalue weighted by Crippen LogP contribution is 2.13. The number of nitrogens with one attached hydrogen (secondary N) is 1. The van der Waals surface area contributed by atoms with Crippen LogP contribution >= 0.6 is 0 Å². The molecule has 0 aromatic heterocycles. The van der Waals surface area contributed by atoms with E-state index in [1.165, 1.54) is 4.90 Å². The van der Waals surface area contributed by atoms with Crippen LogP contribution in [-0.2, 0) is 4.79 Å². The van der Waals surface area contributed by atoms with Crippen molar-refractivity contribution in [2.45, 2.75) is 19.9 Å². The average molecular weight is 186 g/mol. The molecule has 0 spiro atoms. The van der Waals surface area contributed by atoms with Crippen LogP contribution in [0.1, 0.15) is 13.8 Å². The fourth-order valence-electron chi connectivity index (χ4n) is 1.53. The van der Waals surface area contributed by atoms with Crippen molar-refractivity contribution in [3.8, 4) is 0 Å². The number of hydrogen-bond donors (Lipinski definition) is 2. The van der Waals surface area contributed by atoms with Crippen molar-refractivity contribution < 1.29 is 14.7 Å². The van der Waals surface area contributed by atoms with Gasteiger partial charge in [0.2, 0.25) is 0 Å². The molecule has 0 aliphatic carbocycles. The summed E-state index contributed by atoms with van der Waals surface area (Å²) in [5.41, 5.74) is 0. The summed E-state index contributed by atoms with van der Waals surface area (Å²) in [6.07, 6.45) is 0. The van der Waals surface area contributed by atoms with Gasteiger partial charge in [0.25, 0.3) is 0 Å². The van der Waals surface area contributed by atoms with Gasteiger partial charge in [0.1, 0.15) is 6.04 Å². The van der Waals surface area contributed by atoms with Gasteiger partial charge in [0, 0.05) is 13.1 Å². The maximum Gasteiger partial charge on any atom is 0.326 e. The van der Waals surface area contributed by atoms with Gasteiger partial charge < -0.3 is 15.3 Å². The molecule has 1 atom stereocenters. The van der Waals surface area contributed by atoms with Gasteiger partial charge in [-0.25, -0.2) is 9.59 Å². The number of aliphatic carboxylic acids is 1. The van der Waals surface area contributed by atoms with Crippen LogP contribution < -0.4 is 5.32 Å². The average Bonchev–Trinajstić information content (AvgIpc) is 2.35. The minimum atomic E-state index is -0.938. The Kier molecular flexibility index (Phi) is 2.75. The van der Waals surface area contributed by atoms with Crippen LogP contribution in [0.3, 0.4) is 0 Å². The van der Waals surface area contributed by atoms with E-state index in [4.69, 9.17) is 5.11 Å². The minimum absolute atomic E-state index is 0.0682. The number of carbonyl (C=O) groups excluding carboxylic acids is 1. The van der Waals surface area contributed by atoms with Crippen molar-refractivity contribution in [1.82, 2.24) is 10.2 Å². The van der Waals surface area contributed by atoms with Crippen molar-refractivity contribution in [1.29, 1.82) is 0 Å². The lowest BCUT2D eigenvalue weighted by Gasteiger charge is -2.25. The van der Waals surface area contributed by atoms with Crippen LogP contribution in [0.5, 0.6) is 0 Å². The molecule has 1 unspecified atom stereocenters. The van der Waals surface area contributed by atoms with E-state index in [1.807, 2.05) is 0 Å². The van der Waals surface area contributed by atoms with Crippen molar-refractivity contribution in [2.24, 2.45) is 5.92 Å². The Bertz CT molecular complexity index is 227. The van der Waals surface area contributed by atoms with Crippen molar-refractivity contribution >= 4 is 12.0 Å². The number of amides is 2. The summed E-state index contributed by atoms with van der Waals surface area (Å²) >= 11 is 0. The SMILES string of the molecule is CC(C)C(C(=O)O)N1CCNC1=O. The van der Waals surface area contributed by atoms with Crippen LogP contribution in [0.25, 0.3) is 0 Å². The third-order valence-electron chi connectivity index (χ3n) is 2.11. The number of carboxylic acids is 1. The Balaban J connectivity index is 2.75. The van der Waals surface area contributed by atoms with Crippen LogP contribution in [0.15, 0.2) is 0 Å². The second-order valence-corrected chi connectivity index (χ2v) is 3.45. The van der Waals surface area contributed by atoms with Crippen LogP contribution in [0, 0.1) is 5.92 Å². The van der Waals surface area contributed by atoms with E-state index < -0.39 is 12.0 Å². The first-order valence-electron chi connectivity index (χ1n) is 4.31. The molecule has 0 radical (unpaired) electrons. The maximum absolute atomic E-state index is 11.2. The standard InChI is InChI=1S/C8H14N2O3/c1-5(2)6(7(11)12)10-4-3-9-8(10)13/h5-6H,3-4H2,1-2H3,(H,9,13)(H,11,12). The largest absolute Gasteiger partial charge is 0.480 e. The predicted octanol–water partition coefficient (Wildman–Crippen LogP) is 0.121. The zero-order valence-electron chi connectivity index (χ0n) is 7.78. The minimum Gasteiger partial charge on any atom is -0.480 e. The first-order valence-corrected chi connectivity index (χ1v) is 4.31. The van der Waals surface area contributed by atoms with E-state index >= 15 is 0 Å². The molecule has 5 nitrogen and oxygen atoms in total. The molecule has 0 aromatic carbocycles. The number of carboxylic acid groups (broad SMARTS) is 1. The Morgan fingerprint density at radius 2 is 2.23 bits per heavy atom. The first kappa shape index (κ1) is 9.83. The molecule has 74 valence electrons. The van der Waals surface area contributed by atoms with Gasteiger partial charge in [-0.15, -0.1) is 0 Å². The molecular weight excluding hydrogens is 172 g/mol. The van der Waals surface area contributed by atoms with E-state index in [1.54, 1.807) is 13.8 Å². The third-order valence-corrected chi connectivity index (χ3v) is 2.11. The number of nitrogens with zero attached hydrogens (tertiary/aromatic N) is 1. The van der Waals surface area contributed by atoms with E-state index in [2.05, 4.69) is 5.32 Å². The molecule has 0 bridgehead atoms. The van der Waals surface area contributed by atoms with Gasteiger partial charge in [-0.1, -0.05) is 13.8 Å². The van der Waals surface area contributed by atoms with Gasteiger partial charge >= 0.3 is 12.0 Å². The molecule has 1 fully saturated rings. The lowest BCUT2D eigenvalue weighted by atomic mass is 10.0. The molecule has 1 aliphatic heterocycles. The zero-order chi connectivity index (χ0) is 10.0. The highest BCUT2D eigenvalue weighted by molar-refractivity contribution is 5.84. The monoisotopic (exact) mass is 186 g/mol. The first-order chi connectivity index (χ1) is 6.04. The summed E-state index contributed by atoms with van der Waals surface area (Å²) in [4.78, 5) is 23.4. The second-order valence-electron chi connectivity index (χ2n) is 3.45. The Hall–Kier alpha value is -1.26. The summed E-state index contributed by atoms with van der Waals surface area (Å²) in [5, 5.41) is 11.5. The highest BCUT2D eigenvalue weighted by Gasteiger charge is 2.34. The Morgan fingerprint density at radius 3 is 2.54 bits per heavy atom. The molecule has 13 heavy (non-hydrogen) atoms. The number of urea groups is 1. The lowest BCUT2D eigenvalue weighted by molar-refractivity contribution is -0.143. The van der Waals surface area contributed by atoms with Crippen molar-refractivity contribution in [3.63, 3.8) is 0 Å². The van der Waals surface area contributed by atoms with E-state index in [0.29, 0.717) is 13.1 Å². The van der Waals surface area contributed by atoms with E-state index in [9.17, 15) is 9.59 Å².